The van der Waals surface area contributed by atoms with E-state index in [9.17, 15) is 0 Å². The van der Waals surface area contributed by atoms with Crippen LogP contribution in [0.4, 0.5) is 17.6 Å². The molecule has 150 valence electrons. The van der Waals surface area contributed by atoms with E-state index >= 15 is 0 Å². The minimum Gasteiger partial charge on any atom is -0.454 e. The molecule has 1 fully saturated rings. The molecule has 10 heteroatoms. The quantitative estimate of drug-likeness (QED) is 0.690. The lowest BCUT2D eigenvalue weighted by Gasteiger charge is -2.35. The topological polar surface area (TPSA) is 102 Å². The summed E-state index contributed by atoms with van der Waals surface area (Å²) in [6, 6.07) is 7.92. The van der Waals surface area contributed by atoms with E-state index in [2.05, 4.69) is 47.6 Å². The van der Waals surface area contributed by atoms with Crippen LogP contribution in [-0.2, 0) is 6.54 Å². The van der Waals surface area contributed by atoms with Crippen LogP contribution in [0.3, 0.4) is 0 Å². The van der Waals surface area contributed by atoms with E-state index < -0.39 is 0 Å². The molecule has 0 amide bonds. The Morgan fingerprint density at radius 1 is 1.07 bits per heavy atom. The summed E-state index contributed by atoms with van der Waals surface area (Å²) in [7, 11) is 0. The zero-order valence-corrected chi connectivity index (χ0v) is 16.0. The molecule has 0 unspecified atom stereocenters. The molecule has 10 nitrogen and oxygen atoms in total. The van der Waals surface area contributed by atoms with Crippen LogP contribution in [0.25, 0.3) is 0 Å². The van der Waals surface area contributed by atoms with Gasteiger partial charge in [0.05, 0.1) is 6.20 Å². The molecule has 0 spiro atoms. The normalized spacial score (nSPS) is 16.2. The largest absolute Gasteiger partial charge is 0.454 e. The Morgan fingerprint density at radius 2 is 1.93 bits per heavy atom. The lowest BCUT2D eigenvalue weighted by molar-refractivity contribution is 0.174. The molecule has 0 saturated carbocycles. The van der Waals surface area contributed by atoms with Gasteiger partial charge in [0.2, 0.25) is 12.7 Å². The third kappa shape index (κ3) is 3.92. The van der Waals surface area contributed by atoms with Gasteiger partial charge >= 0.3 is 0 Å². The van der Waals surface area contributed by atoms with Crippen LogP contribution in [0.15, 0.2) is 35.0 Å². The SMILES string of the molecule is Cc1cc(Nc2nncc(N3CCN(Cc4ccc5c(c4)OCO5)CC3)n2)no1. The number of piperazine rings is 1. The number of ether oxygens (including phenoxy) is 2. The first-order chi connectivity index (χ1) is 14.2. The van der Waals surface area contributed by atoms with Crippen molar-refractivity contribution in [3.63, 3.8) is 0 Å². The maximum atomic E-state index is 5.47. The number of benzene rings is 1. The number of anilines is 3. The molecule has 0 aliphatic carbocycles. The molecule has 0 atom stereocenters. The molecular formula is C19H21N7O3. The van der Waals surface area contributed by atoms with Gasteiger partial charge in [-0.15, -0.1) is 5.10 Å². The number of aromatic nitrogens is 4. The third-order valence-electron chi connectivity index (χ3n) is 4.95. The van der Waals surface area contributed by atoms with Gasteiger partial charge in [-0.1, -0.05) is 11.2 Å². The lowest BCUT2D eigenvalue weighted by Crippen LogP contribution is -2.46. The summed E-state index contributed by atoms with van der Waals surface area (Å²) >= 11 is 0. The van der Waals surface area contributed by atoms with Gasteiger partial charge in [0.1, 0.15) is 5.76 Å². The number of rotatable bonds is 5. The van der Waals surface area contributed by atoms with Crippen LogP contribution in [0.2, 0.25) is 0 Å². The fourth-order valence-electron chi connectivity index (χ4n) is 3.47. The summed E-state index contributed by atoms with van der Waals surface area (Å²) in [6.07, 6.45) is 1.69. The lowest BCUT2D eigenvalue weighted by atomic mass is 10.1. The monoisotopic (exact) mass is 395 g/mol. The van der Waals surface area contributed by atoms with E-state index in [0.717, 1.165) is 55.8 Å². The minimum atomic E-state index is 0.303. The third-order valence-corrected chi connectivity index (χ3v) is 4.95. The van der Waals surface area contributed by atoms with Gasteiger partial charge in [0.15, 0.2) is 23.1 Å². The van der Waals surface area contributed by atoms with Crippen molar-refractivity contribution in [1.82, 2.24) is 25.2 Å². The molecule has 0 radical (unpaired) electrons. The molecule has 4 heterocycles. The average Bonchev–Trinajstić information content (AvgIpc) is 3.37. The van der Waals surface area contributed by atoms with E-state index in [0.29, 0.717) is 18.6 Å². The molecule has 1 aromatic carbocycles. The van der Waals surface area contributed by atoms with Gasteiger partial charge in [0.25, 0.3) is 0 Å². The van der Waals surface area contributed by atoms with E-state index in [4.69, 9.17) is 14.0 Å². The van der Waals surface area contributed by atoms with E-state index in [1.54, 1.807) is 12.3 Å². The predicted molar refractivity (Wildman–Crippen MR) is 104 cm³/mol. The zero-order chi connectivity index (χ0) is 19.6. The molecule has 0 bridgehead atoms. The minimum absolute atomic E-state index is 0.303. The molecule has 1 N–H and O–H groups in total. The van der Waals surface area contributed by atoms with Crippen molar-refractivity contribution < 1.29 is 14.0 Å². The highest BCUT2D eigenvalue weighted by Crippen LogP contribution is 2.33. The molecule has 2 aliphatic heterocycles. The van der Waals surface area contributed by atoms with Crippen molar-refractivity contribution in [2.45, 2.75) is 13.5 Å². The maximum absolute atomic E-state index is 5.47. The summed E-state index contributed by atoms with van der Waals surface area (Å²) in [5.74, 6) is 4.13. The number of fused-ring (bicyclic) bond motifs is 1. The number of hydrogen-bond acceptors (Lipinski definition) is 10. The Labute approximate surface area is 167 Å². The van der Waals surface area contributed by atoms with Crippen molar-refractivity contribution >= 4 is 17.6 Å². The highest BCUT2D eigenvalue weighted by Gasteiger charge is 2.20. The van der Waals surface area contributed by atoms with Crippen LogP contribution in [0.5, 0.6) is 11.5 Å². The van der Waals surface area contributed by atoms with Gasteiger partial charge in [-0.05, 0) is 24.6 Å². The van der Waals surface area contributed by atoms with E-state index in [1.165, 1.54) is 5.56 Å². The molecule has 5 rings (SSSR count). The second-order valence-corrected chi connectivity index (χ2v) is 7.04. The number of hydrogen-bond donors (Lipinski definition) is 1. The highest BCUT2D eigenvalue weighted by atomic mass is 16.7. The van der Waals surface area contributed by atoms with Crippen molar-refractivity contribution in [1.29, 1.82) is 0 Å². The first-order valence-electron chi connectivity index (χ1n) is 9.49. The summed E-state index contributed by atoms with van der Waals surface area (Å²) in [4.78, 5) is 9.19. The standard InChI is InChI=1S/C19H21N7O3/c1-13-8-17(24-29-13)21-19-22-18(10-20-23-19)26-6-4-25(5-7-26)11-14-2-3-15-16(9-14)28-12-27-15/h2-3,8-10H,4-7,11-12H2,1H3,(H,21,22,23,24). The van der Waals surface area contributed by atoms with Crippen molar-refractivity contribution in [3.8, 4) is 11.5 Å². The Bertz CT molecular complexity index is 1000. The summed E-state index contributed by atoms with van der Waals surface area (Å²) in [6.45, 7) is 6.62. The summed E-state index contributed by atoms with van der Waals surface area (Å²) < 4.78 is 15.9. The van der Waals surface area contributed by atoms with Crippen LogP contribution in [-0.4, -0.2) is 58.2 Å². The van der Waals surface area contributed by atoms with Crippen LogP contribution in [0, 0.1) is 6.92 Å². The number of nitrogens with zero attached hydrogens (tertiary/aromatic N) is 6. The summed E-state index contributed by atoms with van der Waals surface area (Å²) in [5.41, 5.74) is 1.22. The van der Waals surface area contributed by atoms with Gasteiger partial charge in [-0.3, -0.25) is 4.90 Å². The van der Waals surface area contributed by atoms with Crippen LogP contribution in [0.1, 0.15) is 11.3 Å². The number of aryl methyl sites for hydroxylation is 1. The molecule has 3 aromatic rings. The van der Waals surface area contributed by atoms with Crippen molar-refractivity contribution in [2.75, 3.05) is 43.2 Å². The molecular weight excluding hydrogens is 374 g/mol. The fraction of sp³-hybridized carbons (Fsp3) is 0.368. The zero-order valence-electron chi connectivity index (χ0n) is 16.0. The molecule has 2 aromatic heterocycles. The first-order valence-corrected chi connectivity index (χ1v) is 9.49. The van der Waals surface area contributed by atoms with Crippen molar-refractivity contribution in [3.05, 3.63) is 41.8 Å². The second kappa shape index (κ2) is 7.55. The highest BCUT2D eigenvalue weighted by molar-refractivity contribution is 5.49. The molecule has 1 saturated heterocycles. The maximum Gasteiger partial charge on any atom is 0.250 e. The van der Waals surface area contributed by atoms with Crippen LogP contribution < -0.4 is 19.7 Å². The molecule has 29 heavy (non-hydrogen) atoms. The number of nitrogens with one attached hydrogen (secondary N) is 1. The molecule has 2 aliphatic rings. The summed E-state index contributed by atoms with van der Waals surface area (Å²) in [5, 5.41) is 15.0. The average molecular weight is 395 g/mol. The fourth-order valence-corrected chi connectivity index (χ4v) is 3.47. The van der Waals surface area contributed by atoms with Gasteiger partial charge in [-0.25, -0.2) is 0 Å². The first kappa shape index (κ1) is 17.7. The second-order valence-electron chi connectivity index (χ2n) is 7.04. The van der Waals surface area contributed by atoms with Crippen LogP contribution >= 0.6 is 0 Å². The Hall–Kier alpha value is -3.40. The smallest absolute Gasteiger partial charge is 0.250 e. The Kier molecular flexibility index (Phi) is 4.60. The Morgan fingerprint density at radius 3 is 2.76 bits per heavy atom. The van der Waals surface area contributed by atoms with E-state index in [-0.39, 0.29) is 0 Å². The van der Waals surface area contributed by atoms with Gasteiger partial charge in [-0.2, -0.15) is 10.1 Å². The van der Waals surface area contributed by atoms with Crippen molar-refractivity contribution in [2.24, 2.45) is 0 Å². The Balaban J connectivity index is 1.19. The van der Waals surface area contributed by atoms with Gasteiger partial charge in [0, 0.05) is 38.8 Å². The van der Waals surface area contributed by atoms with E-state index in [1.807, 2.05) is 13.0 Å². The predicted octanol–water partition coefficient (Wildman–Crippen LogP) is 1.96. The van der Waals surface area contributed by atoms with Gasteiger partial charge < -0.3 is 24.2 Å².